The molecule has 0 atom stereocenters. The Labute approximate surface area is 172 Å². The fourth-order valence-corrected chi connectivity index (χ4v) is 2.97. The largest absolute Gasteiger partial charge is 0.493 e. The first-order valence-electron chi connectivity index (χ1n) is 9.01. The molecule has 1 aliphatic heterocycles. The summed E-state index contributed by atoms with van der Waals surface area (Å²) in [6.07, 6.45) is 4.60. The van der Waals surface area contributed by atoms with Gasteiger partial charge in [0.05, 0.1) is 25.3 Å². The van der Waals surface area contributed by atoms with Crippen LogP contribution in [-0.4, -0.2) is 31.0 Å². The summed E-state index contributed by atoms with van der Waals surface area (Å²) in [6, 6.07) is 13.2. The average Bonchev–Trinajstić information content (AvgIpc) is 3.08. The first-order valence-corrected chi connectivity index (χ1v) is 9.01. The van der Waals surface area contributed by atoms with Crippen LogP contribution in [0.25, 0.3) is 6.08 Å². The van der Waals surface area contributed by atoms with Gasteiger partial charge in [-0.3, -0.25) is 9.78 Å². The molecule has 0 saturated carbocycles. The molecule has 0 bridgehead atoms. The second kappa shape index (κ2) is 8.08. The molecule has 2 heterocycles. The molecule has 7 nitrogen and oxygen atoms in total. The summed E-state index contributed by atoms with van der Waals surface area (Å²) >= 11 is 0. The van der Waals surface area contributed by atoms with Gasteiger partial charge in [-0.1, -0.05) is 6.07 Å². The molecule has 3 aromatic rings. The number of ether oxygens (including phenoxy) is 4. The first kappa shape index (κ1) is 19.2. The molecule has 0 unspecified atom stereocenters. The third-order valence-electron chi connectivity index (χ3n) is 4.45. The van der Waals surface area contributed by atoms with Crippen molar-refractivity contribution in [3.8, 4) is 23.0 Å². The second-order valence-corrected chi connectivity index (χ2v) is 6.34. The molecule has 1 aliphatic rings. The Kier molecular flexibility index (Phi) is 5.17. The smallest absolute Gasteiger partial charge is 0.345 e. The van der Waals surface area contributed by atoms with Gasteiger partial charge in [-0.25, -0.2) is 4.79 Å². The number of nitrogens with zero attached hydrogens (tertiary/aromatic N) is 1. The fraction of sp³-hybridized carbons (Fsp3) is 0.0870. The number of methoxy groups -OCH3 is 2. The second-order valence-electron chi connectivity index (χ2n) is 6.34. The van der Waals surface area contributed by atoms with Crippen molar-refractivity contribution in [2.24, 2.45) is 0 Å². The summed E-state index contributed by atoms with van der Waals surface area (Å²) < 4.78 is 21.6. The monoisotopic (exact) mass is 403 g/mol. The van der Waals surface area contributed by atoms with Crippen LogP contribution < -0.4 is 18.9 Å². The SMILES string of the molecule is COc1ccc(/C=C2\Oc3cc(OC(=O)c4cccnc4)ccc3C2=O)cc1OC. The number of carbonyl (C=O) groups excluding carboxylic acids is 2. The number of rotatable bonds is 5. The van der Waals surface area contributed by atoms with Gasteiger partial charge in [-0.05, 0) is 48.0 Å². The fourth-order valence-electron chi connectivity index (χ4n) is 2.97. The lowest BCUT2D eigenvalue weighted by Gasteiger charge is -2.08. The van der Waals surface area contributed by atoms with E-state index in [0.717, 1.165) is 0 Å². The molecule has 2 aromatic carbocycles. The summed E-state index contributed by atoms with van der Waals surface area (Å²) in [5, 5.41) is 0. The van der Waals surface area contributed by atoms with E-state index < -0.39 is 5.97 Å². The highest BCUT2D eigenvalue weighted by molar-refractivity contribution is 6.14. The van der Waals surface area contributed by atoms with Crippen LogP contribution in [0.5, 0.6) is 23.0 Å². The third kappa shape index (κ3) is 3.73. The number of Topliss-reactive ketones (excluding diaryl/α,β-unsaturated/α-hetero) is 1. The number of fused-ring (bicyclic) bond motifs is 1. The molecule has 0 fully saturated rings. The van der Waals surface area contributed by atoms with Crippen molar-refractivity contribution in [3.05, 3.63) is 83.4 Å². The first-order chi connectivity index (χ1) is 14.6. The van der Waals surface area contributed by atoms with Gasteiger partial charge in [0, 0.05) is 18.5 Å². The minimum absolute atomic E-state index is 0.160. The summed E-state index contributed by atoms with van der Waals surface area (Å²) in [4.78, 5) is 28.8. The Bertz CT molecular complexity index is 1150. The topological polar surface area (TPSA) is 84.0 Å². The van der Waals surface area contributed by atoms with Gasteiger partial charge in [0.25, 0.3) is 0 Å². The molecule has 0 spiro atoms. The van der Waals surface area contributed by atoms with E-state index in [-0.39, 0.29) is 17.3 Å². The van der Waals surface area contributed by atoms with Crippen LogP contribution in [0.3, 0.4) is 0 Å². The van der Waals surface area contributed by atoms with Gasteiger partial charge in [-0.2, -0.15) is 0 Å². The molecule has 0 N–H and O–H groups in total. The van der Waals surface area contributed by atoms with Crippen LogP contribution in [-0.2, 0) is 0 Å². The number of ketones is 1. The van der Waals surface area contributed by atoms with Crippen LogP contribution in [0, 0.1) is 0 Å². The van der Waals surface area contributed by atoms with E-state index in [1.807, 2.05) is 0 Å². The van der Waals surface area contributed by atoms with Crippen molar-refractivity contribution in [3.63, 3.8) is 0 Å². The molecule has 150 valence electrons. The highest BCUT2D eigenvalue weighted by Gasteiger charge is 2.28. The molecule has 0 radical (unpaired) electrons. The molecule has 0 saturated heterocycles. The van der Waals surface area contributed by atoms with Crippen LogP contribution in [0.2, 0.25) is 0 Å². The molecule has 0 amide bonds. The van der Waals surface area contributed by atoms with Gasteiger partial charge in [0.2, 0.25) is 5.78 Å². The Hall–Kier alpha value is -4.13. The van der Waals surface area contributed by atoms with Crippen LogP contribution in [0.1, 0.15) is 26.3 Å². The van der Waals surface area contributed by atoms with Gasteiger partial charge in [0.15, 0.2) is 17.3 Å². The molecule has 0 aliphatic carbocycles. The van der Waals surface area contributed by atoms with Crippen LogP contribution in [0.4, 0.5) is 0 Å². The number of benzene rings is 2. The average molecular weight is 403 g/mol. The normalized spacial score (nSPS) is 13.5. The maximum atomic E-state index is 12.7. The van der Waals surface area contributed by atoms with E-state index in [9.17, 15) is 9.59 Å². The zero-order valence-electron chi connectivity index (χ0n) is 16.2. The minimum Gasteiger partial charge on any atom is -0.493 e. The van der Waals surface area contributed by atoms with Gasteiger partial charge >= 0.3 is 5.97 Å². The van der Waals surface area contributed by atoms with E-state index in [4.69, 9.17) is 18.9 Å². The predicted octanol–water partition coefficient (Wildman–Crippen LogP) is 3.93. The summed E-state index contributed by atoms with van der Waals surface area (Å²) in [6.45, 7) is 0. The number of hydrogen-bond donors (Lipinski definition) is 0. The third-order valence-corrected chi connectivity index (χ3v) is 4.45. The van der Waals surface area contributed by atoms with Crippen molar-refractivity contribution in [2.45, 2.75) is 0 Å². The Morgan fingerprint density at radius 3 is 2.60 bits per heavy atom. The van der Waals surface area contributed by atoms with E-state index >= 15 is 0 Å². The lowest BCUT2D eigenvalue weighted by Crippen LogP contribution is -2.08. The maximum Gasteiger partial charge on any atom is 0.345 e. The van der Waals surface area contributed by atoms with Crippen molar-refractivity contribution in [1.82, 2.24) is 4.98 Å². The van der Waals surface area contributed by atoms with Gasteiger partial charge < -0.3 is 18.9 Å². The van der Waals surface area contributed by atoms with E-state index in [0.29, 0.717) is 33.9 Å². The number of esters is 1. The minimum atomic E-state index is -0.548. The van der Waals surface area contributed by atoms with E-state index in [1.165, 1.54) is 19.4 Å². The van der Waals surface area contributed by atoms with Crippen molar-refractivity contribution in [1.29, 1.82) is 0 Å². The number of aromatic nitrogens is 1. The standard InChI is InChI=1S/C23H17NO6/c1-27-18-8-5-14(10-20(18)28-2)11-21-22(25)17-7-6-16(12-19(17)30-21)29-23(26)15-4-3-9-24-13-15/h3-13H,1-2H3/b21-11-. The number of carbonyl (C=O) groups is 2. The predicted molar refractivity (Wildman–Crippen MR) is 108 cm³/mol. The maximum absolute atomic E-state index is 12.7. The highest BCUT2D eigenvalue weighted by Crippen LogP contribution is 2.36. The van der Waals surface area contributed by atoms with Crippen molar-refractivity contribution in [2.75, 3.05) is 14.2 Å². The van der Waals surface area contributed by atoms with E-state index in [1.54, 1.807) is 61.8 Å². The molecule has 7 heteroatoms. The molecule has 1 aromatic heterocycles. The summed E-state index contributed by atoms with van der Waals surface area (Å²) in [7, 11) is 3.09. The number of pyridine rings is 1. The van der Waals surface area contributed by atoms with Gasteiger partial charge in [-0.15, -0.1) is 0 Å². The van der Waals surface area contributed by atoms with Crippen LogP contribution >= 0.6 is 0 Å². The summed E-state index contributed by atoms with van der Waals surface area (Å²) in [5.41, 5.74) is 1.43. The Balaban J connectivity index is 1.56. The van der Waals surface area contributed by atoms with Crippen LogP contribution in [0.15, 0.2) is 66.7 Å². The molecule has 4 rings (SSSR count). The molecule has 30 heavy (non-hydrogen) atoms. The highest BCUT2D eigenvalue weighted by atomic mass is 16.5. The number of hydrogen-bond acceptors (Lipinski definition) is 7. The Morgan fingerprint density at radius 2 is 1.87 bits per heavy atom. The van der Waals surface area contributed by atoms with Crippen molar-refractivity contribution >= 4 is 17.8 Å². The lowest BCUT2D eigenvalue weighted by molar-refractivity contribution is 0.0734. The van der Waals surface area contributed by atoms with Crippen molar-refractivity contribution < 1.29 is 28.5 Å². The molecular weight excluding hydrogens is 386 g/mol. The lowest BCUT2D eigenvalue weighted by atomic mass is 10.1. The molecular formula is C23H17NO6. The zero-order chi connectivity index (χ0) is 21.1. The zero-order valence-corrected chi connectivity index (χ0v) is 16.2. The quantitative estimate of drug-likeness (QED) is 0.362. The summed E-state index contributed by atoms with van der Waals surface area (Å²) in [5.74, 6) is 1.07. The number of allylic oxidation sites excluding steroid dienone is 1. The van der Waals surface area contributed by atoms with E-state index in [2.05, 4.69) is 4.98 Å². The Morgan fingerprint density at radius 1 is 1.03 bits per heavy atom. The van der Waals surface area contributed by atoms with Gasteiger partial charge in [0.1, 0.15) is 11.5 Å².